The molecule has 0 bridgehead atoms. The Balaban J connectivity index is 2.76. The van der Waals surface area contributed by atoms with E-state index in [1.54, 1.807) is 0 Å². The summed E-state index contributed by atoms with van der Waals surface area (Å²) in [5.74, 6) is -0.386. The topological polar surface area (TPSA) is 72.5 Å². The van der Waals surface area contributed by atoms with Crippen molar-refractivity contribution in [3.8, 4) is 0 Å². The normalized spacial score (nSPS) is 11.2. The molecule has 0 fully saturated rings. The molecule has 5 nitrogen and oxygen atoms in total. The zero-order valence-electron chi connectivity index (χ0n) is 9.85. The number of carbonyl (C=O) groups is 1. The summed E-state index contributed by atoms with van der Waals surface area (Å²) in [6.07, 6.45) is 0.682. The number of halogens is 1. The van der Waals surface area contributed by atoms with Gasteiger partial charge in [-0.3, -0.25) is 4.79 Å². The number of methoxy groups -OCH3 is 1. The van der Waals surface area contributed by atoms with Crippen molar-refractivity contribution in [3.05, 3.63) is 24.3 Å². The lowest BCUT2D eigenvalue weighted by Gasteiger charge is -2.07. The molecule has 0 aliphatic heterocycles. The molecular formula is C11H14FNO4S. The molecule has 0 spiro atoms. The Morgan fingerprint density at radius 3 is 2.67 bits per heavy atom. The van der Waals surface area contributed by atoms with E-state index in [0.717, 1.165) is 6.07 Å². The number of hydrogen-bond acceptors (Lipinski definition) is 4. The Kier molecular flexibility index (Phi) is 5.24. The third-order valence-corrected chi connectivity index (χ3v) is 3.06. The fraction of sp³-hybridized carbons (Fsp3) is 0.364. The standard InChI is InChI=1S/C11H14FNO4S/c1-17-8-4-7-11(14)13-9-5-2-3-6-10(9)18(12,15)16/h2-3,5-6H,4,7-8H2,1H3,(H,13,14). The van der Waals surface area contributed by atoms with Gasteiger partial charge in [0.15, 0.2) is 0 Å². The minimum atomic E-state index is -4.84. The summed E-state index contributed by atoms with van der Waals surface area (Å²) in [5, 5.41) is 2.36. The van der Waals surface area contributed by atoms with Crippen molar-refractivity contribution in [3.63, 3.8) is 0 Å². The van der Waals surface area contributed by atoms with Gasteiger partial charge in [-0.1, -0.05) is 12.1 Å². The van der Waals surface area contributed by atoms with Crippen molar-refractivity contribution in [2.75, 3.05) is 19.0 Å². The molecule has 1 rings (SSSR count). The second kappa shape index (κ2) is 6.46. The summed E-state index contributed by atoms with van der Waals surface area (Å²) in [6.45, 7) is 0.427. The SMILES string of the molecule is COCCCC(=O)Nc1ccccc1S(=O)(=O)F. The largest absolute Gasteiger partial charge is 0.385 e. The highest BCUT2D eigenvalue weighted by atomic mass is 32.3. The maximum absolute atomic E-state index is 12.9. The highest BCUT2D eigenvalue weighted by Crippen LogP contribution is 2.22. The second-order valence-electron chi connectivity index (χ2n) is 3.58. The fourth-order valence-electron chi connectivity index (χ4n) is 1.37. The molecule has 0 radical (unpaired) electrons. The first-order valence-corrected chi connectivity index (χ1v) is 6.66. The Bertz CT molecular complexity index is 516. The van der Waals surface area contributed by atoms with Crippen molar-refractivity contribution in [2.24, 2.45) is 0 Å². The molecule has 0 aromatic heterocycles. The van der Waals surface area contributed by atoms with Gasteiger partial charge in [0.25, 0.3) is 0 Å². The van der Waals surface area contributed by atoms with Crippen LogP contribution < -0.4 is 5.32 Å². The molecule has 0 saturated carbocycles. The Labute approximate surface area is 105 Å². The zero-order chi connectivity index (χ0) is 13.6. The summed E-state index contributed by atoms with van der Waals surface area (Å²) in [7, 11) is -3.33. The third-order valence-electron chi connectivity index (χ3n) is 2.18. The maximum Gasteiger partial charge on any atom is 0.334 e. The van der Waals surface area contributed by atoms with Gasteiger partial charge in [0.05, 0.1) is 5.69 Å². The van der Waals surface area contributed by atoms with E-state index in [2.05, 4.69) is 5.32 Å². The number of benzene rings is 1. The highest BCUT2D eigenvalue weighted by Gasteiger charge is 2.17. The molecule has 0 aliphatic rings. The quantitative estimate of drug-likeness (QED) is 0.633. The van der Waals surface area contributed by atoms with Crippen LogP contribution in [-0.4, -0.2) is 28.0 Å². The van der Waals surface area contributed by atoms with Gasteiger partial charge in [0, 0.05) is 20.1 Å². The van der Waals surface area contributed by atoms with E-state index in [1.165, 1.54) is 25.3 Å². The van der Waals surface area contributed by atoms with Crippen LogP contribution in [0.5, 0.6) is 0 Å². The molecule has 7 heteroatoms. The smallest absolute Gasteiger partial charge is 0.334 e. The molecule has 0 unspecified atom stereocenters. The van der Waals surface area contributed by atoms with Crippen LogP contribution in [0.25, 0.3) is 0 Å². The first-order valence-electron chi connectivity index (χ1n) is 5.27. The van der Waals surface area contributed by atoms with Crippen LogP contribution in [0.15, 0.2) is 29.2 Å². The minimum absolute atomic E-state index is 0.0533. The predicted molar refractivity (Wildman–Crippen MR) is 64.5 cm³/mol. The number of nitrogens with one attached hydrogen (secondary N) is 1. The molecule has 0 heterocycles. The lowest BCUT2D eigenvalue weighted by atomic mass is 10.2. The molecule has 1 amide bonds. The molecule has 0 atom stereocenters. The number of rotatable bonds is 6. The predicted octanol–water partition coefficient (Wildman–Crippen LogP) is 1.71. The van der Waals surface area contributed by atoms with Crippen LogP contribution in [0.4, 0.5) is 9.57 Å². The van der Waals surface area contributed by atoms with Crippen LogP contribution >= 0.6 is 0 Å². The number of amides is 1. The Morgan fingerprint density at radius 1 is 1.39 bits per heavy atom. The summed E-state index contributed by atoms with van der Waals surface area (Å²) in [4.78, 5) is 10.9. The summed E-state index contributed by atoms with van der Waals surface area (Å²) >= 11 is 0. The van der Waals surface area contributed by atoms with E-state index in [-0.39, 0.29) is 18.0 Å². The molecule has 1 N–H and O–H groups in total. The fourth-order valence-corrected chi connectivity index (χ4v) is 2.00. The van der Waals surface area contributed by atoms with Crippen molar-refractivity contribution in [1.29, 1.82) is 0 Å². The van der Waals surface area contributed by atoms with Crippen LogP contribution in [0, 0.1) is 0 Å². The molecule has 0 aliphatic carbocycles. The van der Waals surface area contributed by atoms with E-state index in [9.17, 15) is 17.1 Å². The minimum Gasteiger partial charge on any atom is -0.385 e. The van der Waals surface area contributed by atoms with Crippen LogP contribution in [0.3, 0.4) is 0 Å². The van der Waals surface area contributed by atoms with Crippen LogP contribution in [0.1, 0.15) is 12.8 Å². The monoisotopic (exact) mass is 275 g/mol. The molecule has 18 heavy (non-hydrogen) atoms. The van der Waals surface area contributed by atoms with Crippen molar-refractivity contribution < 1.29 is 21.8 Å². The Morgan fingerprint density at radius 2 is 2.06 bits per heavy atom. The zero-order valence-corrected chi connectivity index (χ0v) is 10.7. The van der Waals surface area contributed by atoms with E-state index in [0.29, 0.717) is 13.0 Å². The number of carbonyl (C=O) groups excluding carboxylic acids is 1. The van der Waals surface area contributed by atoms with E-state index in [1.807, 2.05) is 0 Å². The highest BCUT2D eigenvalue weighted by molar-refractivity contribution is 7.86. The number of ether oxygens (including phenoxy) is 1. The van der Waals surface area contributed by atoms with Gasteiger partial charge in [-0.2, -0.15) is 8.42 Å². The van der Waals surface area contributed by atoms with Crippen LogP contribution in [0.2, 0.25) is 0 Å². The number of anilines is 1. The Hall–Kier alpha value is -1.47. The first kappa shape index (κ1) is 14.6. The average molecular weight is 275 g/mol. The summed E-state index contributed by atoms with van der Waals surface area (Å²) in [5.41, 5.74) is -0.0533. The van der Waals surface area contributed by atoms with E-state index < -0.39 is 15.1 Å². The maximum atomic E-state index is 12.9. The van der Waals surface area contributed by atoms with Gasteiger partial charge < -0.3 is 10.1 Å². The second-order valence-corrected chi connectivity index (χ2v) is 4.89. The molecule has 1 aromatic rings. The summed E-state index contributed by atoms with van der Waals surface area (Å²) < 4.78 is 39.4. The van der Waals surface area contributed by atoms with Crippen molar-refractivity contribution in [2.45, 2.75) is 17.7 Å². The lowest BCUT2D eigenvalue weighted by molar-refractivity contribution is -0.116. The van der Waals surface area contributed by atoms with Gasteiger partial charge in [0.2, 0.25) is 5.91 Å². The van der Waals surface area contributed by atoms with Gasteiger partial charge >= 0.3 is 10.2 Å². The van der Waals surface area contributed by atoms with Gasteiger partial charge in [-0.15, -0.1) is 3.89 Å². The lowest BCUT2D eigenvalue weighted by Crippen LogP contribution is -2.14. The number of para-hydroxylation sites is 1. The summed E-state index contributed by atoms with van der Waals surface area (Å²) in [6, 6.07) is 5.33. The molecular weight excluding hydrogens is 261 g/mol. The van der Waals surface area contributed by atoms with Crippen molar-refractivity contribution in [1.82, 2.24) is 0 Å². The van der Waals surface area contributed by atoms with Crippen LogP contribution in [-0.2, 0) is 19.8 Å². The number of hydrogen-bond donors (Lipinski definition) is 1. The molecule has 1 aromatic carbocycles. The average Bonchev–Trinajstić information content (AvgIpc) is 2.28. The van der Waals surface area contributed by atoms with Crippen molar-refractivity contribution >= 4 is 21.8 Å². The third kappa shape index (κ3) is 4.42. The van der Waals surface area contributed by atoms with Gasteiger partial charge in [-0.05, 0) is 18.6 Å². The van der Waals surface area contributed by atoms with E-state index in [4.69, 9.17) is 4.74 Å². The molecule has 0 saturated heterocycles. The molecule has 100 valence electrons. The first-order chi connectivity index (χ1) is 8.45. The van der Waals surface area contributed by atoms with Gasteiger partial charge in [-0.25, -0.2) is 0 Å². The van der Waals surface area contributed by atoms with E-state index >= 15 is 0 Å². The van der Waals surface area contributed by atoms with Gasteiger partial charge in [0.1, 0.15) is 4.90 Å².